The number of H-pyrrole nitrogens is 1. The molecule has 0 amide bonds. The van der Waals surface area contributed by atoms with Gasteiger partial charge in [-0.05, 0) is 36.1 Å². The smallest absolute Gasteiger partial charge is 0.175 e. The van der Waals surface area contributed by atoms with Gasteiger partial charge < -0.3 is 10.7 Å². The third kappa shape index (κ3) is 2.08. The highest BCUT2D eigenvalue weighted by Gasteiger charge is 2.14. The number of imidazole rings is 1. The van der Waals surface area contributed by atoms with Crippen LogP contribution in [0, 0.1) is 6.92 Å². The number of aromatic nitrogens is 2. The molecule has 2 heterocycles. The fraction of sp³-hybridized carbons (Fsp3) is 0.154. The minimum Gasteiger partial charge on any atom is -0.397 e. The zero-order valence-corrected chi connectivity index (χ0v) is 12.6. The minimum atomic E-state index is -3.22. The van der Waals surface area contributed by atoms with E-state index in [9.17, 15) is 8.42 Å². The highest BCUT2D eigenvalue weighted by molar-refractivity contribution is 7.90. The van der Waals surface area contributed by atoms with Crippen molar-refractivity contribution in [2.24, 2.45) is 0 Å². The van der Waals surface area contributed by atoms with Gasteiger partial charge in [-0.15, -0.1) is 11.3 Å². The van der Waals surface area contributed by atoms with Gasteiger partial charge in [0.25, 0.3) is 0 Å². The van der Waals surface area contributed by atoms with Gasteiger partial charge in [-0.3, -0.25) is 0 Å². The van der Waals surface area contributed by atoms with E-state index in [1.165, 1.54) is 17.6 Å². The summed E-state index contributed by atoms with van der Waals surface area (Å²) in [5.41, 5.74) is 9.14. The SMILES string of the molecule is Cc1csc(-c2nc3ccc(S(C)(=O)=O)cc3[nH]2)c1N. The number of hydrogen-bond donors (Lipinski definition) is 2. The van der Waals surface area contributed by atoms with Crippen molar-refractivity contribution in [3.63, 3.8) is 0 Å². The van der Waals surface area contributed by atoms with Crippen LogP contribution >= 0.6 is 11.3 Å². The number of nitrogens with two attached hydrogens (primary N) is 1. The average molecular weight is 307 g/mol. The Hall–Kier alpha value is -1.86. The molecule has 0 fully saturated rings. The fourth-order valence-corrected chi connectivity index (χ4v) is 3.53. The Morgan fingerprint density at radius 2 is 2.10 bits per heavy atom. The second-order valence-electron chi connectivity index (χ2n) is 4.70. The molecule has 104 valence electrons. The van der Waals surface area contributed by atoms with E-state index < -0.39 is 9.84 Å². The molecule has 1 aromatic carbocycles. The Morgan fingerprint density at radius 1 is 1.35 bits per heavy atom. The number of anilines is 1. The van der Waals surface area contributed by atoms with Crippen LogP contribution in [0.15, 0.2) is 28.5 Å². The average Bonchev–Trinajstić information content (AvgIpc) is 2.92. The molecular formula is C13H13N3O2S2. The summed E-state index contributed by atoms with van der Waals surface area (Å²) in [5, 5.41) is 1.97. The van der Waals surface area contributed by atoms with E-state index in [0.717, 1.165) is 16.0 Å². The molecule has 0 saturated heterocycles. The van der Waals surface area contributed by atoms with E-state index >= 15 is 0 Å². The lowest BCUT2D eigenvalue weighted by molar-refractivity contribution is 0.602. The minimum absolute atomic E-state index is 0.274. The maximum atomic E-state index is 11.6. The van der Waals surface area contributed by atoms with E-state index in [1.807, 2.05) is 12.3 Å². The summed E-state index contributed by atoms with van der Waals surface area (Å²) in [6.45, 7) is 1.94. The second-order valence-corrected chi connectivity index (χ2v) is 7.59. The van der Waals surface area contributed by atoms with Crippen LogP contribution in [-0.2, 0) is 9.84 Å². The third-order valence-electron chi connectivity index (χ3n) is 3.12. The molecule has 0 aliphatic heterocycles. The third-order valence-corrected chi connectivity index (χ3v) is 5.35. The highest BCUT2D eigenvalue weighted by atomic mass is 32.2. The largest absolute Gasteiger partial charge is 0.397 e. The van der Waals surface area contributed by atoms with Gasteiger partial charge >= 0.3 is 0 Å². The molecule has 5 nitrogen and oxygen atoms in total. The van der Waals surface area contributed by atoms with Crippen molar-refractivity contribution in [1.82, 2.24) is 9.97 Å². The molecule has 0 unspecified atom stereocenters. The molecular weight excluding hydrogens is 294 g/mol. The van der Waals surface area contributed by atoms with Crippen molar-refractivity contribution >= 4 is 37.9 Å². The van der Waals surface area contributed by atoms with E-state index in [2.05, 4.69) is 9.97 Å². The first-order valence-corrected chi connectivity index (χ1v) is 8.67. The topological polar surface area (TPSA) is 88.8 Å². The summed E-state index contributed by atoms with van der Waals surface area (Å²) < 4.78 is 23.1. The van der Waals surface area contributed by atoms with E-state index in [1.54, 1.807) is 18.2 Å². The number of rotatable bonds is 2. The van der Waals surface area contributed by atoms with Crippen LogP contribution in [-0.4, -0.2) is 24.6 Å². The van der Waals surface area contributed by atoms with E-state index in [-0.39, 0.29) is 4.90 Å². The lowest BCUT2D eigenvalue weighted by atomic mass is 10.3. The second kappa shape index (κ2) is 4.32. The zero-order chi connectivity index (χ0) is 14.5. The van der Waals surface area contributed by atoms with Gasteiger partial charge in [0.05, 0.1) is 26.5 Å². The fourth-order valence-electron chi connectivity index (χ4n) is 1.96. The molecule has 3 N–H and O–H groups in total. The van der Waals surface area contributed by atoms with Crippen LogP contribution in [0.3, 0.4) is 0 Å². The van der Waals surface area contributed by atoms with Crippen LogP contribution < -0.4 is 5.73 Å². The number of aryl methyl sites for hydroxylation is 1. The molecule has 0 aliphatic carbocycles. The molecule has 3 rings (SSSR count). The standard InChI is InChI=1S/C13H13N3O2S2/c1-7-6-19-12(11(7)14)13-15-9-4-3-8(20(2,17)18)5-10(9)16-13/h3-6H,14H2,1-2H3,(H,15,16). The number of nitrogen functional groups attached to an aromatic ring is 1. The quantitative estimate of drug-likeness (QED) is 0.761. The molecule has 0 aliphatic rings. The van der Waals surface area contributed by atoms with Gasteiger partial charge in [0.1, 0.15) is 0 Å². The first-order valence-electron chi connectivity index (χ1n) is 5.90. The predicted octanol–water partition coefficient (Wildman–Crippen LogP) is 2.59. The predicted molar refractivity (Wildman–Crippen MR) is 81.7 cm³/mol. The lowest BCUT2D eigenvalue weighted by Gasteiger charge is -1.96. The molecule has 0 atom stereocenters. The summed E-state index contributed by atoms with van der Waals surface area (Å²) in [6.07, 6.45) is 1.19. The molecule has 7 heteroatoms. The number of fused-ring (bicyclic) bond motifs is 1. The molecule has 0 saturated carbocycles. The normalized spacial score (nSPS) is 12.1. The Balaban J connectivity index is 2.19. The Morgan fingerprint density at radius 3 is 2.70 bits per heavy atom. The van der Waals surface area contributed by atoms with Crippen molar-refractivity contribution in [2.45, 2.75) is 11.8 Å². The van der Waals surface area contributed by atoms with Crippen molar-refractivity contribution in [1.29, 1.82) is 0 Å². The Labute approximate surface area is 120 Å². The van der Waals surface area contributed by atoms with Gasteiger partial charge in [0.2, 0.25) is 0 Å². The number of hydrogen-bond acceptors (Lipinski definition) is 5. The first-order chi connectivity index (χ1) is 9.36. The zero-order valence-electron chi connectivity index (χ0n) is 11.0. The molecule has 3 aromatic rings. The summed E-state index contributed by atoms with van der Waals surface area (Å²) in [6, 6.07) is 4.85. The van der Waals surface area contributed by atoms with Gasteiger partial charge in [-0.25, -0.2) is 13.4 Å². The van der Waals surface area contributed by atoms with Crippen molar-refractivity contribution in [3.05, 3.63) is 29.1 Å². The molecule has 0 spiro atoms. The Kier molecular flexibility index (Phi) is 2.84. The maximum Gasteiger partial charge on any atom is 0.175 e. The van der Waals surface area contributed by atoms with Gasteiger partial charge in [0.15, 0.2) is 15.7 Å². The van der Waals surface area contributed by atoms with Crippen LogP contribution in [0.4, 0.5) is 5.69 Å². The van der Waals surface area contributed by atoms with Crippen LogP contribution in [0.5, 0.6) is 0 Å². The number of thiophene rings is 1. The molecule has 0 bridgehead atoms. The summed E-state index contributed by atoms with van der Waals surface area (Å²) in [4.78, 5) is 8.74. The van der Waals surface area contributed by atoms with Gasteiger partial charge in [-0.2, -0.15) is 0 Å². The Bertz CT molecular complexity index is 907. The number of sulfone groups is 1. The molecule has 20 heavy (non-hydrogen) atoms. The van der Waals surface area contributed by atoms with Gasteiger partial charge in [0, 0.05) is 6.26 Å². The van der Waals surface area contributed by atoms with E-state index in [4.69, 9.17) is 5.73 Å². The first kappa shape index (κ1) is 13.1. The maximum absolute atomic E-state index is 11.6. The van der Waals surface area contributed by atoms with Crippen LogP contribution in [0.1, 0.15) is 5.56 Å². The summed E-state index contributed by atoms with van der Waals surface area (Å²) in [7, 11) is -3.22. The molecule has 2 aromatic heterocycles. The number of nitrogens with one attached hydrogen (secondary N) is 1. The summed E-state index contributed by atoms with van der Waals surface area (Å²) >= 11 is 1.52. The van der Waals surface area contributed by atoms with E-state index in [0.29, 0.717) is 17.0 Å². The van der Waals surface area contributed by atoms with Crippen LogP contribution in [0.25, 0.3) is 21.7 Å². The number of nitrogens with zero attached hydrogens (tertiary/aromatic N) is 1. The lowest BCUT2D eigenvalue weighted by Crippen LogP contribution is -1.96. The van der Waals surface area contributed by atoms with Crippen molar-refractivity contribution in [2.75, 3.05) is 12.0 Å². The van der Waals surface area contributed by atoms with Crippen LogP contribution in [0.2, 0.25) is 0 Å². The number of benzene rings is 1. The number of aromatic amines is 1. The summed E-state index contributed by atoms with van der Waals surface area (Å²) in [5.74, 6) is 0.668. The monoisotopic (exact) mass is 307 g/mol. The van der Waals surface area contributed by atoms with Crippen molar-refractivity contribution in [3.8, 4) is 10.7 Å². The van der Waals surface area contributed by atoms with Gasteiger partial charge in [-0.1, -0.05) is 0 Å². The molecule has 0 radical (unpaired) electrons. The highest BCUT2D eigenvalue weighted by Crippen LogP contribution is 2.34. The van der Waals surface area contributed by atoms with Crippen molar-refractivity contribution < 1.29 is 8.42 Å².